The predicted molar refractivity (Wildman–Crippen MR) is 48.5 cm³/mol. The van der Waals surface area contributed by atoms with Crippen molar-refractivity contribution in [2.75, 3.05) is 13.9 Å². The van der Waals surface area contributed by atoms with Gasteiger partial charge >= 0.3 is 0 Å². The summed E-state index contributed by atoms with van der Waals surface area (Å²) in [6, 6.07) is 3.47. The maximum atomic E-state index is 8.43. The summed E-state index contributed by atoms with van der Waals surface area (Å²) in [5.41, 5.74) is 0.638. The molecule has 0 atom stereocenters. The van der Waals surface area contributed by atoms with Crippen LogP contribution in [0.4, 0.5) is 0 Å². The van der Waals surface area contributed by atoms with Crippen molar-refractivity contribution in [2.24, 2.45) is 5.16 Å². The van der Waals surface area contributed by atoms with Crippen molar-refractivity contribution in [3.63, 3.8) is 0 Å². The van der Waals surface area contributed by atoms with Gasteiger partial charge in [0.1, 0.15) is 0 Å². The minimum atomic E-state index is 0.186. The Morgan fingerprint density at radius 1 is 1.50 bits per heavy atom. The Morgan fingerprint density at radius 3 is 3.07 bits per heavy atom. The van der Waals surface area contributed by atoms with Gasteiger partial charge in [0, 0.05) is 5.56 Å². The Hall–Kier alpha value is -1.91. The number of ether oxygens (including phenoxy) is 3. The van der Waals surface area contributed by atoms with Crippen molar-refractivity contribution in [2.45, 2.75) is 0 Å². The number of hydrogen-bond donors (Lipinski definition) is 1. The fraction of sp³-hybridized carbons (Fsp3) is 0.222. The lowest BCUT2D eigenvalue weighted by Gasteiger charge is -2.06. The number of benzene rings is 1. The van der Waals surface area contributed by atoms with Gasteiger partial charge in [-0.25, -0.2) is 0 Å². The molecule has 1 aliphatic rings. The third-order valence-corrected chi connectivity index (χ3v) is 1.93. The number of nitrogens with zero attached hydrogens (tertiary/aromatic N) is 1. The molecule has 0 unspecified atom stereocenters. The smallest absolute Gasteiger partial charge is 0.231 e. The lowest BCUT2D eigenvalue weighted by atomic mass is 10.2. The average molecular weight is 195 g/mol. The van der Waals surface area contributed by atoms with Gasteiger partial charge in [-0.05, 0) is 12.1 Å². The summed E-state index contributed by atoms with van der Waals surface area (Å²) in [5.74, 6) is 1.69. The molecule has 0 fully saturated rings. The molecule has 0 bridgehead atoms. The molecule has 0 saturated carbocycles. The van der Waals surface area contributed by atoms with Crippen molar-refractivity contribution in [3.8, 4) is 17.2 Å². The summed E-state index contributed by atoms with van der Waals surface area (Å²) in [4.78, 5) is 0. The van der Waals surface area contributed by atoms with Crippen molar-refractivity contribution in [1.82, 2.24) is 0 Å². The van der Waals surface area contributed by atoms with Crippen LogP contribution in [0.5, 0.6) is 17.2 Å². The number of hydrogen-bond acceptors (Lipinski definition) is 5. The molecule has 2 rings (SSSR count). The molecule has 0 saturated heterocycles. The number of methoxy groups -OCH3 is 1. The third kappa shape index (κ3) is 1.22. The van der Waals surface area contributed by atoms with Crippen LogP contribution >= 0.6 is 0 Å². The van der Waals surface area contributed by atoms with Gasteiger partial charge in [-0.3, -0.25) is 0 Å². The third-order valence-electron chi connectivity index (χ3n) is 1.93. The van der Waals surface area contributed by atoms with Gasteiger partial charge in [-0.2, -0.15) is 0 Å². The van der Waals surface area contributed by atoms with Crippen LogP contribution in [0.1, 0.15) is 5.56 Å². The second kappa shape index (κ2) is 3.45. The fourth-order valence-electron chi connectivity index (χ4n) is 1.34. The maximum absolute atomic E-state index is 8.43. The zero-order chi connectivity index (χ0) is 9.97. The Labute approximate surface area is 80.5 Å². The van der Waals surface area contributed by atoms with Gasteiger partial charge in [-0.1, -0.05) is 5.16 Å². The Bertz CT molecular complexity index is 375. The number of oxime groups is 1. The van der Waals surface area contributed by atoms with Gasteiger partial charge < -0.3 is 19.4 Å². The second-order valence-electron chi connectivity index (χ2n) is 2.67. The molecular formula is C9H9NO4. The average Bonchev–Trinajstić information content (AvgIpc) is 2.66. The molecule has 5 heteroatoms. The first-order valence-corrected chi connectivity index (χ1v) is 4.01. The van der Waals surface area contributed by atoms with Crippen LogP contribution in [-0.4, -0.2) is 25.3 Å². The Morgan fingerprint density at radius 2 is 2.36 bits per heavy atom. The lowest BCUT2D eigenvalue weighted by Crippen LogP contribution is -1.95. The Balaban J connectivity index is 2.53. The fourth-order valence-corrected chi connectivity index (χ4v) is 1.34. The first kappa shape index (κ1) is 8.68. The van der Waals surface area contributed by atoms with Crippen molar-refractivity contribution in [3.05, 3.63) is 17.7 Å². The molecule has 1 aromatic carbocycles. The summed E-state index contributed by atoms with van der Waals surface area (Å²) in [5, 5.41) is 11.4. The van der Waals surface area contributed by atoms with Gasteiger partial charge in [-0.15, -0.1) is 0 Å². The van der Waals surface area contributed by atoms with Gasteiger partial charge in [0.2, 0.25) is 12.5 Å². The lowest BCUT2D eigenvalue weighted by molar-refractivity contribution is 0.171. The first-order chi connectivity index (χ1) is 6.86. The van der Waals surface area contributed by atoms with E-state index in [1.807, 2.05) is 0 Å². The van der Waals surface area contributed by atoms with Crippen LogP contribution < -0.4 is 14.2 Å². The largest absolute Gasteiger partial charge is 0.492 e. The van der Waals surface area contributed by atoms with E-state index in [4.69, 9.17) is 19.4 Å². The number of fused-ring (bicyclic) bond motifs is 1. The SMILES string of the molecule is COc1c(C=NO)ccc2c1OCO2. The number of rotatable bonds is 2. The molecular weight excluding hydrogens is 186 g/mol. The van der Waals surface area contributed by atoms with E-state index >= 15 is 0 Å². The maximum Gasteiger partial charge on any atom is 0.231 e. The van der Waals surface area contributed by atoms with Gasteiger partial charge in [0.05, 0.1) is 13.3 Å². The minimum absolute atomic E-state index is 0.186. The van der Waals surface area contributed by atoms with Crippen LogP contribution in [0.3, 0.4) is 0 Å². The van der Waals surface area contributed by atoms with Crippen molar-refractivity contribution >= 4 is 6.21 Å². The van der Waals surface area contributed by atoms with E-state index in [1.165, 1.54) is 13.3 Å². The predicted octanol–water partition coefficient (Wildman–Crippen LogP) is 1.23. The monoisotopic (exact) mass is 195 g/mol. The van der Waals surface area contributed by atoms with Crippen LogP contribution in [0, 0.1) is 0 Å². The van der Waals surface area contributed by atoms with E-state index in [0.29, 0.717) is 22.8 Å². The molecule has 1 aliphatic heterocycles. The van der Waals surface area contributed by atoms with E-state index in [0.717, 1.165) is 0 Å². The normalized spacial score (nSPS) is 13.5. The molecule has 0 radical (unpaired) electrons. The van der Waals surface area contributed by atoms with Crippen LogP contribution in [-0.2, 0) is 0 Å². The Kier molecular flexibility index (Phi) is 2.14. The second-order valence-corrected chi connectivity index (χ2v) is 2.67. The minimum Gasteiger partial charge on any atom is -0.492 e. The highest BCUT2D eigenvalue weighted by Gasteiger charge is 2.20. The van der Waals surface area contributed by atoms with E-state index in [-0.39, 0.29) is 6.79 Å². The molecule has 0 amide bonds. The summed E-state index contributed by atoms with van der Waals surface area (Å²) in [6.45, 7) is 0.186. The van der Waals surface area contributed by atoms with Gasteiger partial charge in [0.25, 0.3) is 0 Å². The van der Waals surface area contributed by atoms with Crippen LogP contribution in [0.25, 0.3) is 0 Å². The van der Waals surface area contributed by atoms with E-state index in [2.05, 4.69) is 5.16 Å². The highest BCUT2D eigenvalue weighted by atomic mass is 16.7. The first-order valence-electron chi connectivity index (χ1n) is 4.01. The highest BCUT2D eigenvalue weighted by Crippen LogP contribution is 2.42. The van der Waals surface area contributed by atoms with E-state index in [9.17, 15) is 0 Å². The molecule has 74 valence electrons. The standard InChI is InChI=1S/C9H9NO4/c1-12-8-6(4-10-11)2-3-7-9(8)14-5-13-7/h2-4,11H,5H2,1H3. The van der Waals surface area contributed by atoms with Crippen molar-refractivity contribution < 1.29 is 19.4 Å². The molecule has 14 heavy (non-hydrogen) atoms. The van der Waals surface area contributed by atoms with Crippen molar-refractivity contribution in [1.29, 1.82) is 0 Å². The van der Waals surface area contributed by atoms with E-state index < -0.39 is 0 Å². The summed E-state index contributed by atoms with van der Waals surface area (Å²) < 4.78 is 15.5. The summed E-state index contributed by atoms with van der Waals surface area (Å²) >= 11 is 0. The summed E-state index contributed by atoms with van der Waals surface area (Å²) in [7, 11) is 1.52. The molecule has 1 N–H and O–H groups in total. The molecule has 1 aromatic rings. The summed E-state index contributed by atoms with van der Waals surface area (Å²) in [6.07, 6.45) is 1.28. The molecule has 0 aliphatic carbocycles. The topological polar surface area (TPSA) is 60.3 Å². The quantitative estimate of drug-likeness (QED) is 0.438. The van der Waals surface area contributed by atoms with Crippen LogP contribution in [0.15, 0.2) is 17.3 Å². The molecule has 0 spiro atoms. The van der Waals surface area contributed by atoms with Gasteiger partial charge in [0.15, 0.2) is 11.5 Å². The zero-order valence-corrected chi connectivity index (χ0v) is 7.56. The van der Waals surface area contributed by atoms with E-state index in [1.54, 1.807) is 12.1 Å². The molecule has 0 aromatic heterocycles. The molecule has 5 nitrogen and oxygen atoms in total. The zero-order valence-electron chi connectivity index (χ0n) is 7.56. The van der Waals surface area contributed by atoms with Crippen LogP contribution in [0.2, 0.25) is 0 Å². The highest BCUT2D eigenvalue weighted by molar-refractivity contribution is 5.85. The molecule has 1 heterocycles.